The van der Waals surface area contributed by atoms with Gasteiger partial charge in [-0.3, -0.25) is 9.36 Å². The molecule has 0 bridgehead atoms. The highest BCUT2D eigenvalue weighted by Gasteiger charge is 2.22. The molecule has 1 saturated heterocycles. The molecule has 3 aromatic rings. The van der Waals surface area contributed by atoms with Gasteiger partial charge in [0.15, 0.2) is 0 Å². The van der Waals surface area contributed by atoms with Gasteiger partial charge in [-0.1, -0.05) is 19.1 Å². The zero-order valence-electron chi connectivity index (χ0n) is 16.4. The summed E-state index contributed by atoms with van der Waals surface area (Å²) in [6.07, 6.45) is 6.42. The second-order valence-corrected chi connectivity index (χ2v) is 7.34. The van der Waals surface area contributed by atoms with E-state index in [1.807, 2.05) is 41.0 Å². The van der Waals surface area contributed by atoms with Crippen molar-refractivity contribution in [1.82, 2.24) is 19.9 Å². The van der Waals surface area contributed by atoms with E-state index in [2.05, 4.69) is 27.5 Å². The molecule has 0 aliphatic carbocycles. The van der Waals surface area contributed by atoms with Gasteiger partial charge in [0, 0.05) is 6.42 Å². The van der Waals surface area contributed by atoms with E-state index >= 15 is 0 Å². The topological polar surface area (TPSA) is 71.8 Å². The maximum absolute atomic E-state index is 12.4. The number of carbonyl (C=O) groups is 1. The Kier molecular flexibility index (Phi) is 8.44. The molecule has 0 saturated carbocycles. The molecule has 1 fully saturated rings. The quantitative estimate of drug-likeness (QED) is 0.628. The predicted octanol–water partition coefficient (Wildman–Crippen LogP) is 4.23. The van der Waals surface area contributed by atoms with Gasteiger partial charge < -0.3 is 10.6 Å². The summed E-state index contributed by atoms with van der Waals surface area (Å²) in [5, 5.41) is 6.40. The van der Waals surface area contributed by atoms with Crippen molar-refractivity contribution in [2.75, 3.05) is 18.4 Å². The molecule has 1 amide bonds. The Bertz CT molecular complexity index is 922. The van der Waals surface area contributed by atoms with Gasteiger partial charge in [-0.25, -0.2) is 9.97 Å². The first-order chi connectivity index (χ1) is 13.2. The molecule has 1 aliphatic heterocycles. The van der Waals surface area contributed by atoms with E-state index in [9.17, 15) is 4.79 Å². The number of nitrogens with zero attached hydrogens (tertiary/aromatic N) is 3. The van der Waals surface area contributed by atoms with E-state index < -0.39 is 0 Å². The highest BCUT2D eigenvalue weighted by molar-refractivity contribution is 5.90. The zero-order chi connectivity index (χ0) is 18.6. The molecule has 156 valence electrons. The predicted molar refractivity (Wildman–Crippen MR) is 121 cm³/mol. The minimum atomic E-state index is 0. The van der Waals surface area contributed by atoms with Crippen molar-refractivity contribution in [2.45, 2.75) is 26.2 Å². The molecular weight excluding hydrogens is 409 g/mol. The minimum absolute atomic E-state index is 0. The van der Waals surface area contributed by atoms with Gasteiger partial charge >= 0.3 is 0 Å². The van der Waals surface area contributed by atoms with Crippen molar-refractivity contribution in [3.63, 3.8) is 0 Å². The molecule has 0 radical (unpaired) electrons. The van der Waals surface area contributed by atoms with Crippen LogP contribution in [0.25, 0.3) is 16.9 Å². The number of pyridine rings is 1. The van der Waals surface area contributed by atoms with Crippen LogP contribution in [0.3, 0.4) is 0 Å². The van der Waals surface area contributed by atoms with Gasteiger partial charge in [-0.15, -0.1) is 24.8 Å². The summed E-state index contributed by atoms with van der Waals surface area (Å²) in [4.78, 5) is 21.3. The van der Waals surface area contributed by atoms with Crippen LogP contribution in [0.5, 0.6) is 0 Å². The first-order valence-electron chi connectivity index (χ1n) is 9.60. The van der Waals surface area contributed by atoms with Crippen molar-refractivity contribution in [3.8, 4) is 5.82 Å². The number of carbonyl (C=O) groups excluding carboxylic acids is 1. The van der Waals surface area contributed by atoms with Crippen molar-refractivity contribution >= 4 is 47.4 Å². The van der Waals surface area contributed by atoms with E-state index in [1.54, 1.807) is 12.5 Å². The van der Waals surface area contributed by atoms with Crippen LogP contribution in [0.1, 0.15) is 26.2 Å². The maximum atomic E-state index is 12.4. The summed E-state index contributed by atoms with van der Waals surface area (Å²) in [7, 11) is 0. The number of amides is 1. The molecule has 6 nitrogen and oxygen atoms in total. The average Bonchev–Trinajstić information content (AvgIpc) is 3.13. The smallest absolute Gasteiger partial charge is 0.224 e. The Morgan fingerprint density at radius 3 is 2.79 bits per heavy atom. The fraction of sp³-hybridized carbons (Fsp3) is 0.381. The number of rotatable bonds is 5. The third-order valence-electron chi connectivity index (χ3n) is 5.38. The largest absolute Gasteiger partial charge is 0.325 e. The summed E-state index contributed by atoms with van der Waals surface area (Å²) in [5.41, 5.74) is 2.67. The number of hydrogen-bond donors (Lipinski definition) is 2. The summed E-state index contributed by atoms with van der Waals surface area (Å²) in [6, 6.07) is 11.7. The summed E-state index contributed by atoms with van der Waals surface area (Å²) < 4.78 is 1.94. The van der Waals surface area contributed by atoms with E-state index in [0.29, 0.717) is 18.3 Å². The normalized spacial score (nSPS) is 17.1. The van der Waals surface area contributed by atoms with Crippen LogP contribution in [0.4, 0.5) is 5.69 Å². The number of nitrogens with one attached hydrogen (secondary N) is 2. The second kappa shape index (κ2) is 10.6. The molecular formula is C21H27Cl2N5O. The minimum Gasteiger partial charge on any atom is -0.325 e. The summed E-state index contributed by atoms with van der Waals surface area (Å²) >= 11 is 0. The molecule has 3 heterocycles. The van der Waals surface area contributed by atoms with Crippen LogP contribution in [-0.2, 0) is 4.79 Å². The van der Waals surface area contributed by atoms with Crippen LogP contribution in [0.15, 0.2) is 48.9 Å². The van der Waals surface area contributed by atoms with Crippen molar-refractivity contribution < 1.29 is 4.79 Å². The Balaban J connectivity index is 0.00000150. The molecule has 2 aromatic heterocycles. The Hall–Kier alpha value is -2.15. The lowest BCUT2D eigenvalue weighted by Gasteiger charge is -2.28. The number of hydrogen-bond acceptors (Lipinski definition) is 4. The first-order valence-corrected chi connectivity index (χ1v) is 9.60. The maximum Gasteiger partial charge on any atom is 0.224 e. The standard InChI is InChI=1S/C21H25N5O.2ClH/c1-15(16-5-4-10-22-12-16)11-21(27)25-17-8-9-20(23-13-17)26-14-24-18-6-2-3-7-19(18)26;;/h2-3,6-9,13-16,22H,4-5,10-12H2,1H3,(H,25,27);2*1H. The number of fused-ring (bicyclic) bond motifs is 1. The van der Waals surface area contributed by atoms with Gasteiger partial charge in [0.25, 0.3) is 0 Å². The number of anilines is 1. The molecule has 2 atom stereocenters. The Morgan fingerprint density at radius 2 is 2.07 bits per heavy atom. The van der Waals surface area contributed by atoms with E-state index in [0.717, 1.165) is 35.6 Å². The van der Waals surface area contributed by atoms with Gasteiger partial charge in [0.2, 0.25) is 5.91 Å². The summed E-state index contributed by atoms with van der Waals surface area (Å²) in [6.45, 7) is 4.28. The second-order valence-electron chi connectivity index (χ2n) is 7.34. The number of aromatic nitrogens is 3. The van der Waals surface area contributed by atoms with E-state index in [-0.39, 0.29) is 30.7 Å². The molecule has 4 rings (SSSR count). The molecule has 2 N–H and O–H groups in total. The molecule has 8 heteroatoms. The number of halogens is 2. The van der Waals surface area contributed by atoms with Crippen LogP contribution >= 0.6 is 24.8 Å². The van der Waals surface area contributed by atoms with E-state index in [4.69, 9.17) is 0 Å². The third kappa shape index (κ3) is 5.47. The van der Waals surface area contributed by atoms with Crippen LogP contribution in [0, 0.1) is 11.8 Å². The highest BCUT2D eigenvalue weighted by Crippen LogP contribution is 2.23. The first kappa shape index (κ1) is 23.1. The fourth-order valence-corrected chi connectivity index (χ4v) is 3.78. The van der Waals surface area contributed by atoms with Gasteiger partial charge in [-0.05, 0) is 62.0 Å². The van der Waals surface area contributed by atoms with Crippen molar-refractivity contribution in [3.05, 3.63) is 48.9 Å². The van der Waals surface area contributed by atoms with Gasteiger partial charge in [-0.2, -0.15) is 0 Å². The number of imidazole rings is 1. The average molecular weight is 436 g/mol. The van der Waals surface area contributed by atoms with Gasteiger partial charge in [0.1, 0.15) is 12.1 Å². The zero-order valence-corrected chi connectivity index (χ0v) is 18.0. The molecule has 29 heavy (non-hydrogen) atoms. The Labute approximate surface area is 183 Å². The van der Waals surface area contributed by atoms with Crippen LogP contribution in [-0.4, -0.2) is 33.5 Å². The van der Waals surface area contributed by atoms with Crippen molar-refractivity contribution in [1.29, 1.82) is 0 Å². The lowest BCUT2D eigenvalue weighted by Crippen LogP contribution is -2.34. The lowest BCUT2D eigenvalue weighted by atomic mass is 9.85. The fourth-order valence-electron chi connectivity index (χ4n) is 3.78. The third-order valence-corrected chi connectivity index (χ3v) is 5.38. The molecule has 2 unspecified atom stereocenters. The van der Waals surface area contributed by atoms with Crippen LogP contribution < -0.4 is 10.6 Å². The number of piperidine rings is 1. The summed E-state index contributed by atoms with van der Waals surface area (Å²) in [5.74, 6) is 1.79. The Morgan fingerprint density at radius 1 is 1.24 bits per heavy atom. The monoisotopic (exact) mass is 435 g/mol. The van der Waals surface area contributed by atoms with E-state index in [1.165, 1.54) is 12.8 Å². The molecule has 1 aliphatic rings. The molecule has 0 spiro atoms. The number of para-hydroxylation sites is 2. The SMILES string of the molecule is CC(CC(=O)Nc1ccc(-n2cnc3ccccc32)nc1)C1CCCNC1.Cl.Cl. The number of benzene rings is 1. The van der Waals surface area contributed by atoms with Gasteiger partial charge in [0.05, 0.1) is 22.9 Å². The van der Waals surface area contributed by atoms with Crippen molar-refractivity contribution in [2.24, 2.45) is 11.8 Å². The highest BCUT2D eigenvalue weighted by atomic mass is 35.5. The van der Waals surface area contributed by atoms with Crippen LogP contribution in [0.2, 0.25) is 0 Å². The lowest BCUT2D eigenvalue weighted by molar-refractivity contribution is -0.117. The molecule has 1 aromatic carbocycles.